The fraction of sp³-hybridized carbons (Fsp3) is 0.448. The fourth-order valence-electron chi connectivity index (χ4n) is 7.86. The maximum Gasteiger partial charge on any atom is 0.0851 e. The second-order valence-electron chi connectivity index (χ2n) is 11.2. The molecule has 1 saturated heterocycles. The molecule has 0 aromatic heterocycles. The second kappa shape index (κ2) is 6.80. The van der Waals surface area contributed by atoms with E-state index in [1.807, 2.05) is 0 Å². The number of hydrogen-bond donors (Lipinski definition) is 0. The van der Waals surface area contributed by atoms with Crippen LogP contribution in [-0.2, 0) is 0 Å². The van der Waals surface area contributed by atoms with Crippen LogP contribution in [0.3, 0.4) is 0 Å². The number of rotatable bonds is 2. The van der Waals surface area contributed by atoms with Gasteiger partial charge in [0.2, 0.25) is 0 Å². The zero-order valence-electron chi connectivity index (χ0n) is 19.5. The summed E-state index contributed by atoms with van der Waals surface area (Å²) in [5.41, 5.74) is 7.13. The van der Waals surface area contributed by atoms with Crippen molar-refractivity contribution in [1.82, 2.24) is 4.90 Å². The average molecular weight is 426 g/mol. The van der Waals surface area contributed by atoms with Gasteiger partial charge >= 0.3 is 0 Å². The molecule has 6 rings (SSSR count). The van der Waals surface area contributed by atoms with E-state index in [9.17, 15) is 0 Å². The van der Waals surface area contributed by atoms with Gasteiger partial charge in [-0.15, -0.1) is 0 Å². The smallest absolute Gasteiger partial charge is 0.0851 e. The normalized spacial score (nSPS) is 38.2. The monoisotopic (exact) mass is 425 g/mol. The lowest BCUT2D eigenvalue weighted by atomic mass is 9.87. The van der Waals surface area contributed by atoms with Gasteiger partial charge in [0.05, 0.1) is 14.1 Å². The minimum atomic E-state index is -1.74. The first-order valence-corrected chi connectivity index (χ1v) is 15.2. The van der Waals surface area contributed by atoms with E-state index < -0.39 is 8.07 Å². The van der Waals surface area contributed by atoms with Crippen molar-refractivity contribution in [2.24, 2.45) is 23.7 Å². The largest absolute Gasteiger partial charge is 0.288 e. The van der Waals surface area contributed by atoms with Crippen LogP contribution in [0.15, 0.2) is 77.9 Å². The van der Waals surface area contributed by atoms with E-state index in [0.29, 0.717) is 18.0 Å². The van der Waals surface area contributed by atoms with E-state index in [-0.39, 0.29) is 0 Å². The van der Waals surface area contributed by atoms with Gasteiger partial charge < -0.3 is 0 Å². The Balaban J connectivity index is 1.54. The quantitative estimate of drug-likeness (QED) is 0.463. The number of fused-ring (bicyclic) bond motifs is 6. The molecule has 7 atom stereocenters. The predicted molar refractivity (Wildman–Crippen MR) is 134 cm³/mol. The Bertz CT molecular complexity index is 1080. The van der Waals surface area contributed by atoms with Gasteiger partial charge in [-0.25, -0.2) is 0 Å². The first-order valence-electron chi connectivity index (χ1n) is 12.2. The number of hydrogen-bond acceptors (Lipinski definition) is 1. The molecule has 1 aromatic rings. The molecule has 31 heavy (non-hydrogen) atoms. The van der Waals surface area contributed by atoms with Crippen LogP contribution in [0.2, 0.25) is 18.6 Å². The Hall–Kier alpha value is -1.90. The standard InChI is InChI=1S/C29H35NSi/c1-18-14-15-25-24(16-18)27-28(30(25)3)22-12-8-9-13-23(22)29(27)31(4,5)26-17-19(2)20-10-6-7-11-21(20)26/h6-16,19-21,24-26,28H,17H2,1-5H3. The van der Waals surface area contributed by atoms with E-state index in [1.54, 1.807) is 21.9 Å². The molecule has 1 aromatic carbocycles. The average Bonchev–Trinajstić information content (AvgIpc) is 3.38. The van der Waals surface area contributed by atoms with Crippen molar-refractivity contribution in [2.45, 2.75) is 51.0 Å². The molecule has 2 heteroatoms. The molecule has 7 unspecified atom stereocenters. The van der Waals surface area contributed by atoms with Crippen LogP contribution in [0.1, 0.15) is 37.4 Å². The summed E-state index contributed by atoms with van der Waals surface area (Å²) in [7, 11) is 0.614. The van der Waals surface area contributed by atoms with Gasteiger partial charge in [0, 0.05) is 12.0 Å². The van der Waals surface area contributed by atoms with Gasteiger partial charge in [-0.05, 0) is 60.4 Å². The van der Waals surface area contributed by atoms with E-state index in [1.165, 1.54) is 12.0 Å². The first-order chi connectivity index (χ1) is 14.9. The Labute approximate surface area is 188 Å². The summed E-state index contributed by atoms with van der Waals surface area (Å²) < 4.78 is 0. The van der Waals surface area contributed by atoms with Crippen LogP contribution < -0.4 is 0 Å². The minimum absolute atomic E-state index is 0.455. The Morgan fingerprint density at radius 2 is 1.74 bits per heavy atom. The van der Waals surface area contributed by atoms with Gasteiger partial charge in [0.15, 0.2) is 0 Å². The van der Waals surface area contributed by atoms with Gasteiger partial charge in [-0.3, -0.25) is 4.90 Å². The molecule has 0 bridgehead atoms. The minimum Gasteiger partial charge on any atom is -0.288 e. The highest BCUT2D eigenvalue weighted by Gasteiger charge is 2.55. The molecule has 2 fully saturated rings. The van der Waals surface area contributed by atoms with Gasteiger partial charge in [-0.2, -0.15) is 0 Å². The van der Waals surface area contributed by atoms with Gasteiger partial charge in [0.25, 0.3) is 0 Å². The molecule has 0 spiro atoms. The molecule has 1 heterocycles. The van der Waals surface area contributed by atoms with E-state index in [0.717, 1.165) is 23.3 Å². The third-order valence-corrected chi connectivity index (χ3v) is 13.6. The van der Waals surface area contributed by atoms with Crippen molar-refractivity contribution in [3.05, 3.63) is 89.1 Å². The topological polar surface area (TPSA) is 3.24 Å². The maximum absolute atomic E-state index is 2.70. The van der Waals surface area contributed by atoms with Crippen molar-refractivity contribution in [1.29, 1.82) is 0 Å². The number of allylic oxidation sites excluding steroid dienone is 6. The SMILES string of the molecule is CC1=CC2C3=C([Si](C)(C)C4CC(C)C5C=CC=CC54)c4ccccc4C3N(C)C2C=C1. The number of benzene rings is 1. The Morgan fingerprint density at radius 1 is 1.00 bits per heavy atom. The van der Waals surface area contributed by atoms with Gasteiger partial charge in [0.1, 0.15) is 0 Å². The molecule has 5 aliphatic rings. The van der Waals surface area contributed by atoms with E-state index in [4.69, 9.17) is 0 Å². The highest BCUT2D eigenvalue weighted by molar-refractivity contribution is 6.96. The molecular formula is C29H35NSi. The lowest BCUT2D eigenvalue weighted by molar-refractivity contribution is 0.275. The van der Waals surface area contributed by atoms with E-state index >= 15 is 0 Å². The molecule has 160 valence electrons. The summed E-state index contributed by atoms with van der Waals surface area (Å²) in [6.07, 6.45) is 18.4. The van der Waals surface area contributed by atoms with Crippen molar-refractivity contribution in [3.63, 3.8) is 0 Å². The van der Waals surface area contributed by atoms with Crippen molar-refractivity contribution < 1.29 is 0 Å². The fourth-order valence-corrected chi connectivity index (χ4v) is 12.5. The molecule has 0 N–H and O–H groups in total. The lowest BCUT2D eigenvalue weighted by Gasteiger charge is -2.38. The zero-order valence-corrected chi connectivity index (χ0v) is 20.5. The molecule has 1 nitrogen and oxygen atoms in total. The van der Waals surface area contributed by atoms with Crippen LogP contribution in [-0.4, -0.2) is 26.1 Å². The molecule has 1 aliphatic heterocycles. The second-order valence-corrected chi connectivity index (χ2v) is 15.9. The van der Waals surface area contributed by atoms with Crippen LogP contribution in [0.25, 0.3) is 5.20 Å². The summed E-state index contributed by atoms with van der Waals surface area (Å²) in [6, 6.07) is 10.3. The third kappa shape index (κ3) is 2.64. The molecule has 0 amide bonds. The van der Waals surface area contributed by atoms with Crippen LogP contribution in [0.5, 0.6) is 0 Å². The summed E-state index contributed by atoms with van der Waals surface area (Å²) in [5, 5.41) is 1.80. The molecule has 0 radical (unpaired) electrons. The van der Waals surface area contributed by atoms with Crippen molar-refractivity contribution >= 4 is 13.3 Å². The predicted octanol–water partition coefficient (Wildman–Crippen LogP) is 6.96. The van der Waals surface area contributed by atoms with Gasteiger partial charge in [-0.1, -0.05) is 97.6 Å². The lowest BCUT2D eigenvalue weighted by Crippen LogP contribution is -2.38. The number of likely N-dealkylation sites (tertiary alicyclic amines) is 1. The maximum atomic E-state index is 2.70. The summed E-state index contributed by atoms with van der Waals surface area (Å²) in [6.45, 7) is 10.2. The Morgan fingerprint density at radius 3 is 2.55 bits per heavy atom. The molecule has 1 saturated carbocycles. The summed E-state index contributed by atoms with van der Waals surface area (Å²) >= 11 is 0. The highest BCUT2D eigenvalue weighted by atomic mass is 28.3. The Kier molecular flexibility index (Phi) is 4.33. The zero-order chi connectivity index (χ0) is 21.5. The third-order valence-electron chi connectivity index (χ3n) is 9.25. The van der Waals surface area contributed by atoms with Crippen molar-refractivity contribution in [3.8, 4) is 0 Å². The number of likely N-dealkylation sites (N-methyl/N-ethyl adjacent to an activating group) is 1. The van der Waals surface area contributed by atoms with Crippen LogP contribution >= 0.6 is 0 Å². The number of nitrogens with zero attached hydrogens (tertiary/aromatic N) is 1. The molecular weight excluding hydrogens is 390 g/mol. The summed E-state index contributed by atoms with van der Waals surface area (Å²) in [5.74, 6) is 2.78. The van der Waals surface area contributed by atoms with Crippen LogP contribution in [0.4, 0.5) is 0 Å². The molecule has 4 aliphatic carbocycles. The summed E-state index contributed by atoms with van der Waals surface area (Å²) in [4.78, 5) is 2.65. The first kappa shape index (κ1) is 19.8. The van der Waals surface area contributed by atoms with Crippen molar-refractivity contribution in [2.75, 3.05) is 7.05 Å². The van der Waals surface area contributed by atoms with E-state index in [2.05, 4.69) is 106 Å². The van der Waals surface area contributed by atoms with Crippen LogP contribution in [0, 0.1) is 23.7 Å². The highest BCUT2D eigenvalue weighted by Crippen LogP contribution is 2.62.